The first-order chi connectivity index (χ1) is 11.7. The average molecular weight is 329 g/mol. The van der Waals surface area contributed by atoms with Crippen molar-refractivity contribution in [2.24, 2.45) is 0 Å². The SMILES string of the molecule is CCC(CO)N1CCN(C(=O)c2ccc(-n3cnnc3)cc2)CC1. The number of aliphatic hydroxyl groups excluding tert-OH is 1. The average Bonchev–Trinajstić information content (AvgIpc) is 3.18. The number of aliphatic hydroxyl groups is 1. The predicted molar refractivity (Wildman–Crippen MR) is 90.0 cm³/mol. The van der Waals surface area contributed by atoms with Crippen LogP contribution in [-0.2, 0) is 0 Å². The Morgan fingerprint density at radius 1 is 1.12 bits per heavy atom. The standard InChI is InChI=1S/C17H23N5O2/c1-2-15(11-23)20-7-9-21(10-8-20)17(24)14-3-5-16(6-4-14)22-12-18-19-13-22/h3-6,12-13,15,23H,2,7-11H2,1H3. The van der Waals surface area contributed by atoms with Gasteiger partial charge in [0, 0.05) is 43.5 Å². The molecule has 2 heterocycles. The quantitative estimate of drug-likeness (QED) is 0.878. The second-order valence-electron chi connectivity index (χ2n) is 5.99. The lowest BCUT2D eigenvalue weighted by molar-refractivity contribution is 0.0472. The molecule has 7 nitrogen and oxygen atoms in total. The zero-order chi connectivity index (χ0) is 16.9. The van der Waals surface area contributed by atoms with E-state index in [2.05, 4.69) is 22.0 Å². The molecule has 0 bridgehead atoms. The van der Waals surface area contributed by atoms with Gasteiger partial charge in [-0.05, 0) is 30.7 Å². The van der Waals surface area contributed by atoms with Gasteiger partial charge in [-0.2, -0.15) is 0 Å². The van der Waals surface area contributed by atoms with Gasteiger partial charge in [0.1, 0.15) is 12.7 Å². The first-order valence-corrected chi connectivity index (χ1v) is 8.32. The van der Waals surface area contributed by atoms with E-state index in [4.69, 9.17) is 0 Å². The van der Waals surface area contributed by atoms with Crippen LogP contribution >= 0.6 is 0 Å². The molecule has 3 rings (SSSR count). The van der Waals surface area contributed by atoms with E-state index in [0.717, 1.165) is 25.2 Å². The molecule has 0 saturated carbocycles. The monoisotopic (exact) mass is 329 g/mol. The van der Waals surface area contributed by atoms with E-state index >= 15 is 0 Å². The number of benzene rings is 1. The molecule has 1 saturated heterocycles. The van der Waals surface area contributed by atoms with Crippen LogP contribution in [0.1, 0.15) is 23.7 Å². The Hall–Kier alpha value is -2.25. The van der Waals surface area contributed by atoms with E-state index in [1.807, 2.05) is 29.2 Å². The summed E-state index contributed by atoms with van der Waals surface area (Å²) >= 11 is 0. The van der Waals surface area contributed by atoms with E-state index in [1.165, 1.54) is 0 Å². The molecule has 0 spiro atoms. The van der Waals surface area contributed by atoms with Gasteiger partial charge < -0.3 is 10.0 Å². The fourth-order valence-corrected chi connectivity index (χ4v) is 3.09. The van der Waals surface area contributed by atoms with Gasteiger partial charge >= 0.3 is 0 Å². The highest BCUT2D eigenvalue weighted by Gasteiger charge is 2.25. The normalized spacial score (nSPS) is 17.0. The largest absolute Gasteiger partial charge is 0.395 e. The Balaban J connectivity index is 1.61. The summed E-state index contributed by atoms with van der Waals surface area (Å²) in [5, 5.41) is 17.0. The molecule has 1 amide bonds. The second-order valence-corrected chi connectivity index (χ2v) is 5.99. The van der Waals surface area contributed by atoms with E-state index in [9.17, 15) is 9.90 Å². The molecule has 0 aliphatic carbocycles. The number of hydrogen-bond acceptors (Lipinski definition) is 5. The van der Waals surface area contributed by atoms with Gasteiger partial charge in [0.15, 0.2) is 0 Å². The van der Waals surface area contributed by atoms with Crippen LogP contribution in [0.5, 0.6) is 0 Å². The highest BCUT2D eigenvalue weighted by Crippen LogP contribution is 2.14. The second kappa shape index (κ2) is 7.55. The Labute approximate surface area is 141 Å². The summed E-state index contributed by atoms with van der Waals surface area (Å²) in [5.41, 5.74) is 1.62. The molecule has 1 fully saturated rings. The molecule has 1 aromatic heterocycles. The van der Waals surface area contributed by atoms with Crippen molar-refractivity contribution in [3.8, 4) is 5.69 Å². The summed E-state index contributed by atoms with van der Waals surface area (Å²) < 4.78 is 1.80. The smallest absolute Gasteiger partial charge is 0.253 e. The summed E-state index contributed by atoms with van der Waals surface area (Å²) in [6, 6.07) is 7.67. The van der Waals surface area contributed by atoms with Gasteiger partial charge in [-0.3, -0.25) is 14.3 Å². The van der Waals surface area contributed by atoms with Crippen molar-refractivity contribution in [3.63, 3.8) is 0 Å². The number of carbonyl (C=O) groups excluding carboxylic acids is 1. The minimum atomic E-state index is 0.0574. The topological polar surface area (TPSA) is 74.5 Å². The summed E-state index contributed by atoms with van der Waals surface area (Å²) in [6.45, 7) is 5.27. The number of hydrogen-bond donors (Lipinski definition) is 1. The highest BCUT2D eigenvalue weighted by atomic mass is 16.3. The van der Waals surface area contributed by atoms with Crippen LogP contribution in [0.2, 0.25) is 0 Å². The lowest BCUT2D eigenvalue weighted by Crippen LogP contribution is -2.52. The molecule has 1 aliphatic rings. The van der Waals surface area contributed by atoms with Crippen LogP contribution in [-0.4, -0.2) is 74.4 Å². The lowest BCUT2D eigenvalue weighted by atomic mass is 10.1. The minimum Gasteiger partial charge on any atom is -0.395 e. The molecule has 7 heteroatoms. The Kier molecular flexibility index (Phi) is 5.22. The third-order valence-corrected chi connectivity index (χ3v) is 4.63. The van der Waals surface area contributed by atoms with Gasteiger partial charge in [0.2, 0.25) is 0 Å². The van der Waals surface area contributed by atoms with Crippen molar-refractivity contribution < 1.29 is 9.90 Å². The minimum absolute atomic E-state index is 0.0574. The zero-order valence-electron chi connectivity index (χ0n) is 13.9. The number of nitrogens with zero attached hydrogens (tertiary/aromatic N) is 5. The van der Waals surface area contributed by atoms with Crippen LogP contribution in [0.4, 0.5) is 0 Å². The zero-order valence-corrected chi connectivity index (χ0v) is 13.9. The molecule has 1 N–H and O–H groups in total. The third-order valence-electron chi connectivity index (χ3n) is 4.63. The van der Waals surface area contributed by atoms with Gasteiger partial charge in [-0.15, -0.1) is 10.2 Å². The molecule has 0 radical (unpaired) electrons. The van der Waals surface area contributed by atoms with Crippen LogP contribution < -0.4 is 0 Å². The summed E-state index contributed by atoms with van der Waals surface area (Å²) in [7, 11) is 0. The molecule has 24 heavy (non-hydrogen) atoms. The lowest BCUT2D eigenvalue weighted by Gasteiger charge is -2.38. The first kappa shape index (κ1) is 16.6. The Morgan fingerprint density at radius 2 is 1.75 bits per heavy atom. The fraction of sp³-hybridized carbons (Fsp3) is 0.471. The number of carbonyl (C=O) groups is 1. The van der Waals surface area contributed by atoms with Crippen molar-refractivity contribution in [1.82, 2.24) is 24.6 Å². The van der Waals surface area contributed by atoms with Crippen LogP contribution in [0.15, 0.2) is 36.9 Å². The Bertz CT molecular complexity index is 644. The highest BCUT2D eigenvalue weighted by molar-refractivity contribution is 5.94. The van der Waals surface area contributed by atoms with E-state index < -0.39 is 0 Å². The molecular weight excluding hydrogens is 306 g/mol. The van der Waals surface area contributed by atoms with E-state index in [0.29, 0.717) is 18.7 Å². The van der Waals surface area contributed by atoms with Crippen molar-refractivity contribution in [1.29, 1.82) is 0 Å². The summed E-state index contributed by atoms with van der Waals surface area (Å²) in [4.78, 5) is 16.8. The van der Waals surface area contributed by atoms with Gasteiger partial charge in [0.25, 0.3) is 5.91 Å². The summed E-state index contributed by atoms with van der Waals surface area (Å²) in [5.74, 6) is 0.0574. The number of rotatable bonds is 5. The van der Waals surface area contributed by atoms with Crippen molar-refractivity contribution >= 4 is 5.91 Å². The maximum Gasteiger partial charge on any atom is 0.253 e. The first-order valence-electron chi connectivity index (χ1n) is 8.32. The molecule has 1 aromatic carbocycles. The van der Waals surface area contributed by atoms with E-state index in [1.54, 1.807) is 17.2 Å². The Morgan fingerprint density at radius 3 is 2.29 bits per heavy atom. The fourth-order valence-electron chi connectivity index (χ4n) is 3.09. The van der Waals surface area contributed by atoms with Crippen LogP contribution in [0.3, 0.4) is 0 Å². The van der Waals surface area contributed by atoms with Crippen LogP contribution in [0, 0.1) is 0 Å². The molecule has 1 unspecified atom stereocenters. The van der Waals surface area contributed by atoms with Gasteiger partial charge in [-0.1, -0.05) is 6.92 Å². The van der Waals surface area contributed by atoms with Crippen molar-refractivity contribution in [2.75, 3.05) is 32.8 Å². The molecule has 1 atom stereocenters. The van der Waals surface area contributed by atoms with Gasteiger partial charge in [0.05, 0.1) is 6.61 Å². The van der Waals surface area contributed by atoms with Crippen molar-refractivity contribution in [3.05, 3.63) is 42.5 Å². The molecule has 1 aliphatic heterocycles. The van der Waals surface area contributed by atoms with Crippen molar-refractivity contribution in [2.45, 2.75) is 19.4 Å². The molecular formula is C17H23N5O2. The number of aromatic nitrogens is 3. The predicted octanol–water partition coefficient (Wildman–Crippen LogP) is 0.796. The summed E-state index contributed by atoms with van der Waals surface area (Å²) in [6.07, 6.45) is 4.18. The molecule has 2 aromatic rings. The maximum atomic E-state index is 12.6. The third kappa shape index (κ3) is 3.47. The van der Waals surface area contributed by atoms with Gasteiger partial charge in [-0.25, -0.2) is 0 Å². The number of piperazine rings is 1. The van der Waals surface area contributed by atoms with E-state index in [-0.39, 0.29) is 18.6 Å². The molecule has 128 valence electrons. The van der Waals surface area contributed by atoms with Crippen LogP contribution in [0.25, 0.3) is 5.69 Å². The maximum absolute atomic E-state index is 12.6. The number of amides is 1.